The van der Waals surface area contributed by atoms with E-state index in [0.717, 1.165) is 12.6 Å². The average molecular weight is 253 g/mol. The molecule has 2 aliphatic rings. The second-order valence-electron chi connectivity index (χ2n) is 6.54. The third kappa shape index (κ3) is 3.06. The van der Waals surface area contributed by atoms with Gasteiger partial charge in [-0.25, -0.2) is 0 Å². The molecule has 0 spiro atoms. The summed E-state index contributed by atoms with van der Waals surface area (Å²) in [5, 5.41) is 0. The van der Waals surface area contributed by atoms with Gasteiger partial charge in [-0.2, -0.15) is 0 Å². The zero-order valence-corrected chi connectivity index (χ0v) is 12.3. The van der Waals surface area contributed by atoms with Crippen molar-refractivity contribution in [3.8, 4) is 0 Å². The van der Waals surface area contributed by atoms with Gasteiger partial charge in [-0.05, 0) is 46.3 Å². The van der Waals surface area contributed by atoms with Gasteiger partial charge in [-0.15, -0.1) is 0 Å². The van der Waals surface area contributed by atoms with Gasteiger partial charge in [0, 0.05) is 24.7 Å². The number of likely N-dealkylation sites (N-methyl/N-ethyl adjacent to an activating group) is 1. The van der Waals surface area contributed by atoms with Crippen LogP contribution >= 0.6 is 0 Å². The minimum absolute atomic E-state index is 0.227. The van der Waals surface area contributed by atoms with E-state index in [0.29, 0.717) is 0 Å². The molecule has 1 saturated heterocycles. The van der Waals surface area contributed by atoms with E-state index in [1.807, 2.05) is 0 Å². The Labute approximate surface area is 113 Å². The molecule has 106 valence electrons. The van der Waals surface area contributed by atoms with Gasteiger partial charge in [-0.3, -0.25) is 4.90 Å². The van der Waals surface area contributed by atoms with Crippen LogP contribution in [0.25, 0.3) is 0 Å². The molecule has 0 bridgehead atoms. The molecule has 0 amide bonds. The lowest BCUT2D eigenvalue weighted by atomic mass is 9.86. The van der Waals surface area contributed by atoms with Crippen molar-refractivity contribution in [1.82, 2.24) is 9.80 Å². The highest BCUT2D eigenvalue weighted by atomic mass is 15.3. The van der Waals surface area contributed by atoms with Crippen LogP contribution in [0.2, 0.25) is 0 Å². The first-order chi connectivity index (χ1) is 8.68. The van der Waals surface area contributed by atoms with Gasteiger partial charge in [0.2, 0.25) is 0 Å². The van der Waals surface area contributed by atoms with E-state index in [4.69, 9.17) is 5.73 Å². The van der Waals surface area contributed by atoms with Crippen LogP contribution in [0.5, 0.6) is 0 Å². The van der Waals surface area contributed by atoms with Gasteiger partial charge >= 0.3 is 0 Å². The van der Waals surface area contributed by atoms with E-state index < -0.39 is 0 Å². The molecule has 0 aromatic rings. The summed E-state index contributed by atoms with van der Waals surface area (Å²) in [5.41, 5.74) is 6.32. The molecule has 0 aromatic heterocycles. The molecule has 2 N–H and O–H groups in total. The van der Waals surface area contributed by atoms with E-state index in [9.17, 15) is 0 Å². The number of likely N-dealkylation sites (tertiary alicyclic amines) is 1. The van der Waals surface area contributed by atoms with Crippen molar-refractivity contribution < 1.29 is 0 Å². The number of rotatable bonds is 3. The standard InChI is InChI=1S/C15H31N3/c1-17(2)15(12-16)10-7-11-18(13-15)14-8-5-3-4-6-9-14/h14H,3-13,16H2,1-2H3. The van der Waals surface area contributed by atoms with Crippen LogP contribution in [0.1, 0.15) is 51.4 Å². The van der Waals surface area contributed by atoms with Gasteiger partial charge in [0.25, 0.3) is 0 Å². The Bertz CT molecular complexity index is 246. The Kier molecular flexibility index (Phi) is 5.05. The Morgan fingerprint density at radius 3 is 2.33 bits per heavy atom. The predicted molar refractivity (Wildman–Crippen MR) is 77.8 cm³/mol. The lowest BCUT2D eigenvalue weighted by molar-refractivity contribution is 0.0241. The van der Waals surface area contributed by atoms with Crippen molar-refractivity contribution in [3.05, 3.63) is 0 Å². The Morgan fingerprint density at radius 1 is 1.11 bits per heavy atom. The van der Waals surface area contributed by atoms with Gasteiger partial charge < -0.3 is 10.6 Å². The molecule has 3 nitrogen and oxygen atoms in total. The van der Waals surface area contributed by atoms with Gasteiger partial charge in [0.1, 0.15) is 0 Å². The van der Waals surface area contributed by atoms with Crippen LogP contribution in [-0.4, -0.2) is 55.1 Å². The number of nitrogens with zero attached hydrogens (tertiary/aromatic N) is 2. The van der Waals surface area contributed by atoms with Gasteiger partial charge in [0.05, 0.1) is 0 Å². The molecule has 1 atom stereocenters. The number of hydrogen-bond acceptors (Lipinski definition) is 3. The van der Waals surface area contributed by atoms with Gasteiger partial charge in [-0.1, -0.05) is 25.7 Å². The highest BCUT2D eigenvalue weighted by Gasteiger charge is 2.38. The summed E-state index contributed by atoms with van der Waals surface area (Å²) < 4.78 is 0. The third-order valence-electron chi connectivity index (χ3n) is 5.25. The number of hydrogen-bond donors (Lipinski definition) is 1. The fourth-order valence-corrected chi connectivity index (χ4v) is 3.80. The fraction of sp³-hybridized carbons (Fsp3) is 1.00. The van der Waals surface area contributed by atoms with Crippen molar-refractivity contribution >= 4 is 0 Å². The summed E-state index contributed by atoms with van der Waals surface area (Å²) in [6, 6.07) is 0.832. The first-order valence-electron chi connectivity index (χ1n) is 7.79. The normalized spacial score (nSPS) is 32.7. The first-order valence-corrected chi connectivity index (χ1v) is 7.79. The Hall–Kier alpha value is -0.120. The summed E-state index contributed by atoms with van der Waals surface area (Å²) in [7, 11) is 4.40. The maximum atomic E-state index is 6.09. The summed E-state index contributed by atoms with van der Waals surface area (Å²) in [5.74, 6) is 0. The smallest absolute Gasteiger partial charge is 0.0453 e. The van der Waals surface area contributed by atoms with Crippen LogP contribution in [0, 0.1) is 0 Å². The lowest BCUT2D eigenvalue weighted by Gasteiger charge is -2.48. The van der Waals surface area contributed by atoms with Crippen LogP contribution < -0.4 is 5.73 Å². The van der Waals surface area contributed by atoms with E-state index in [1.54, 1.807) is 0 Å². The third-order valence-corrected chi connectivity index (χ3v) is 5.25. The van der Waals surface area contributed by atoms with E-state index in [2.05, 4.69) is 23.9 Å². The molecule has 0 aromatic carbocycles. The lowest BCUT2D eigenvalue weighted by Crippen LogP contribution is -2.61. The molecule has 1 saturated carbocycles. The number of piperidine rings is 1. The molecule has 3 heteroatoms. The largest absolute Gasteiger partial charge is 0.329 e. The van der Waals surface area contributed by atoms with E-state index in [-0.39, 0.29) is 5.54 Å². The highest BCUT2D eigenvalue weighted by Crippen LogP contribution is 2.30. The SMILES string of the molecule is CN(C)C1(CN)CCCN(C2CCCCCC2)C1. The highest BCUT2D eigenvalue weighted by molar-refractivity contribution is 4.97. The molecular formula is C15H31N3. The molecule has 1 unspecified atom stereocenters. The molecule has 0 radical (unpaired) electrons. The van der Waals surface area contributed by atoms with Crippen LogP contribution in [0.4, 0.5) is 0 Å². The Balaban J connectivity index is 2.00. The van der Waals surface area contributed by atoms with Crippen LogP contribution in [0.3, 0.4) is 0 Å². The van der Waals surface area contributed by atoms with E-state index in [1.165, 1.54) is 64.5 Å². The summed E-state index contributed by atoms with van der Waals surface area (Å²) in [6.45, 7) is 3.27. The van der Waals surface area contributed by atoms with Gasteiger partial charge in [0.15, 0.2) is 0 Å². The van der Waals surface area contributed by atoms with Crippen molar-refractivity contribution in [2.45, 2.75) is 62.9 Å². The fourth-order valence-electron chi connectivity index (χ4n) is 3.80. The zero-order valence-electron chi connectivity index (χ0n) is 12.3. The first kappa shape index (κ1) is 14.3. The molecular weight excluding hydrogens is 222 g/mol. The minimum atomic E-state index is 0.227. The second kappa shape index (κ2) is 6.36. The molecule has 1 aliphatic heterocycles. The predicted octanol–water partition coefficient (Wildman–Crippen LogP) is 2.06. The molecule has 1 heterocycles. The molecule has 2 rings (SSSR count). The quantitative estimate of drug-likeness (QED) is 0.782. The summed E-state index contributed by atoms with van der Waals surface area (Å²) in [6.07, 6.45) is 11.1. The minimum Gasteiger partial charge on any atom is -0.329 e. The maximum Gasteiger partial charge on any atom is 0.0453 e. The zero-order chi connectivity index (χ0) is 13.0. The maximum absolute atomic E-state index is 6.09. The molecule has 1 aliphatic carbocycles. The topological polar surface area (TPSA) is 32.5 Å². The van der Waals surface area contributed by atoms with Crippen molar-refractivity contribution in [2.24, 2.45) is 5.73 Å². The summed E-state index contributed by atoms with van der Waals surface area (Å²) >= 11 is 0. The Morgan fingerprint density at radius 2 is 1.78 bits per heavy atom. The molecule has 2 fully saturated rings. The second-order valence-corrected chi connectivity index (χ2v) is 6.54. The van der Waals surface area contributed by atoms with Crippen LogP contribution in [0.15, 0.2) is 0 Å². The van der Waals surface area contributed by atoms with Crippen molar-refractivity contribution in [1.29, 1.82) is 0 Å². The van der Waals surface area contributed by atoms with E-state index >= 15 is 0 Å². The summed E-state index contributed by atoms with van der Waals surface area (Å²) in [4.78, 5) is 5.12. The van der Waals surface area contributed by atoms with Crippen LogP contribution in [-0.2, 0) is 0 Å². The van der Waals surface area contributed by atoms with Crippen molar-refractivity contribution in [3.63, 3.8) is 0 Å². The monoisotopic (exact) mass is 253 g/mol. The molecule has 18 heavy (non-hydrogen) atoms. The average Bonchev–Trinajstić information content (AvgIpc) is 2.67. The van der Waals surface area contributed by atoms with Crippen molar-refractivity contribution in [2.75, 3.05) is 33.7 Å². The number of nitrogens with two attached hydrogens (primary N) is 1.